The molecule has 0 aliphatic heterocycles. The third-order valence-corrected chi connectivity index (χ3v) is 4.66. The summed E-state index contributed by atoms with van der Waals surface area (Å²) in [5.74, 6) is -0.195. The molecule has 1 fully saturated rings. The lowest BCUT2D eigenvalue weighted by molar-refractivity contribution is -0.143. The molecule has 4 heteroatoms. The van der Waals surface area contributed by atoms with Crippen molar-refractivity contribution in [2.24, 2.45) is 0 Å². The summed E-state index contributed by atoms with van der Waals surface area (Å²) in [5.41, 5.74) is 0.698. The second-order valence-corrected chi connectivity index (χ2v) is 6.42. The molecule has 1 saturated carbocycles. The predicted molar refractivity (Wildman–Crippen MR) is 94.8 cm³/mol. The zero-order valence-corrected chi connectivity index (χ0v) is 14.7. The van der Waals surface area contributed by atoms with Crippen LogP contribution in [0, 0.1) is 0 Å². The van der Waals surface area contributed by atoms with E-state index >= 15 is 0 Å². The molecule has 4 nitrogen and oxygen atoms in total. The van der Waals surface area contributed by atoms with E-state index in [4.69, 9.17) is 4.74 Å². The summed E-state index contributed by atoms with van der Waals surface area (Å²) < 4.78 is 5.03. The van der Waals surface area contributed by atoms with Crippen LogP contribution in [-0.2, 0) is 9.53 Å². The van der Waals surface area contributed by atoms with E-state index < -0.39 is 0 Å². The number of benzene rings is 1. The van der Waals surface area contributed by atoms with Crippen LogP contribution in [0.2, 0.25) is 0 Å². The van der Waals surface area contributed by atoms with Gasteiger partial charge in [0.15, 0.2) is 0 Å². The standard InChI is InChI=1S/C20H29NO3/c1-2-24-19(22)15-16-21(18-13-9-4-3-5-10-14-18)20(23)17-11-7-6-8-12-17/h6-8,11-12,18H,2-5,9-10,13-16H2,1H3. The van der Waals surface area contributed by atoms with Gasteiger partial charge in [0, 0.05) is 18.2 Å². The molecular weight excluding hydrogens is 302 g/mol. The molecular formula is C20H29NO3. The van der Waals surface area contributed by atoms with Crippen LogP contribution in [0.25, 0.3) is 0 Å². The van der Waals surface area contributed by atoms with Crippen molar-refractivity contribution in [1.29, 1.82) is 0 Å². The molecule has 1 aromatic rings. The maximum Gasteiger partial charge on any atom is 0.307 e. The lowest BCUT2D eigenvalue weighted by Crippen LogP contribution is -2.42. The average Bonchev–Trinajstić information content (AvgIpc) is 2.57. The molecule has 0 aromatic heterocycles. The van der Waals surface area contributed by atoms with Gasteiger partial charge in [0.2, 0.25) is 0 Å². The Hall–Kier alpha value is -1.84. The molecule has 1 aliphatic carbocycles. The van der Waals surface area contributed by atoms with Crippen LogP contribution in [-0.4, -0.2) is 36.0 Å². The van der Waals surface area contributed by atoms with E-state index in [1.165, 1.54) is 19.3 Å². The van der Waals surface area contributed by atoms with Crippen LogP contribution >= 0.6 is 0 Å². The highest BCUT2D eigenvalue weighted by atomic mass is 16.5. The molecule has 0 atom stereocenters. The number of amides is 1. The van der Waals surface area contributed by atoms with Gasteiger partial charge in [0.1, 0.15) is 0 Å². The summed E-state index contributed by atoms with van der Waals surface area (Å²) in [5, 5.41) is 0. The number of ether oxygens (including phenoxy) is 1. The summed E-state index contributed by atoms with van der Waals surface area (Å²) in [6, 6.07) is 9.61. The largest absolute Gasteiger partial charge is 0.466 e. The van der Waals surface area contributed by atoms with E-state index in [1.54, 1.807) is 6.92 Å². The zero-order chi connectivity index (χ0) is 17.2. The first-order valence-corrected chi connectivity index (χ1v) is 9.24. The summed E-state index contributed by atoms with van der Waals surface area (Å²) in [6.07, 6.45) is 8.41. The molecule has 24 heavy (non-hydrogen) atoms. The van der Waals surface area contributed by atoms with Gasteiger partial charge in [-0.25, -0.2) is 0 Å². The molecule has 2 rings (SSSR count). The molecule has 0 N–H and O–H groups in total. The quantitative estimate of drug-likeness (QED) is 0.734. The van der Waals surface area contributed by atoms with E-state index in [0.29, 0.717) is 18.7 Å². The van der Waals surface area contributed by atoms with Gasteiger partial charge in [-0.15, -0.1) is 0 Å². The van der Waals surface area contributed by atoms with Gasteiger partial charge >= 0.3 is 5.97 Å². The number of esters is 1. The Labute approximate surface area is 145 Å². The van der Waals surface area contributed by atoms with Crippen LogP contribution in [0.15, 0.2) is 30.3 Å². The Morgan fingerprint density at radius 1 is 1.04 bits per heavy atom. The van der Waals surface area contributed by atoms with Crippen LogP contribution in [0.1, 0.15) is 68.6 Å². The number of hydrogen-bond donors (Lipinski definition) is 0. The van der Waals surface area contributed by atoms with E-state index in [1.807, 2.05) is 35.2 Å². The van der Waals surface area contributed by atoms with Gasteiger partial charge in [0.05, 0.1) is 13.0 Å². The Bertz CT molecular complexity index is 507. The summed E-state index contributed by atoms with van der Waals surface area (Å²) in [6.45, 7) is 2.63. The van der Waals surface area contributed by atoms with Crippen molar-refractivity contribution in [3.63, 3.8) is 0 Å². The Kier molecular flexibility index (Phi) is 7.80. The lowest BCUT2D eigenvalue weighted by Gasteiger charge is -2.33. The summed E-state index contributed by atoms with van der Waals surface area (Å²) >= 11 is 0. The molecule has 0 heterocycles. The van der Waals surface area contributed by atoms with Crippen molar-refractivity contribution in [3.8, 4) is 0 Å². The van der Waals surface area contributed by atoms with Crippen molar-refractivity contribution < 1.29 is 14.3 Å². The van der Waals surface area contributed by atoms with Crippen LogP contribution in [0.3, 0.4) is 0 Å². The number of carbonyl (C=O) groups is 2. The highest BCUT2D eigenvalue weighted by Gasteiger charge is 2.25. The van der Waals surface area contributed by atoms with Crippen molar-refractivity contribution in [3.05, 3.63) is 35.9 Å². The molecule has 0 bridgehead atoms. The molecule has 0 unspecified atom stereocenters. The minimum atomic E-state index is -0.228. The number of carbonyl (C=O) groups excluding carboxylic acids is 2. The van der Waals surface area contributed by atoms with Crippen molar-refractivity contribution in [2.45, 2.75) is 64.3 Å². The number of hydrogen-bond acceptors (Lipinski definition) is 3. The van der Waals surface area contributed by atoms with E-state index in [-0.39, 0.29) is 24.3 Å². The molecule has 0 saturated heterocycles. The molecule has 0 radical (unpaired) electrons. The van der Waals surface area contributed by atoms with Crippen molar-refractivity contribution in [1.82, 2.24) is 4.90 Å². The van der Waals surface area contributed by atoms with Gasteiger partial charge in [-0.05, 0) is 31.9 Å². The van der Waals surface area contributed by atoms with Crippen LogP contribution in [0.4, 0.5) is 0 Å². The minimum Gasteiger partial charge on any atom is -0.466 e. The van der Waals surface area contributed by atoms with Crippen molar-refractivity contribution >= 4 is 11.9 Å². The molecule has 1 aromatic carbocycles. The SMILES string of the molecule is CCOC(=O)CCN(C(=O)c1ccccc1)C1CCCCCCC1. The van der Waals surface area contributed by atoms with Gasteiger partial charge in [0.25, 0.3) is 5.91 Å². The Morgan fingerprint density at radius 2 is 1.67 bits per heavy atom. The van der Waals surface area contributed by atoms with Crippen LogP contribution < -0.4 is 0 Å². The summed E-state index contributed by atoms with van der Waals surface area (Å²) in [4.78, 5) is 26.7. The van der Waals surface area contributed by atoms with E-state index in [2.05, 4.69) is 0 Å². The summed E-state index contributed by atoms with van der Waals surface area (Å²) in [7, 11) is 0. The van der Waals surface area contributed by atoms with Crippen molar-refractivity contribution in [2.75, 3.05) is 13.2 Å². The van der Waals surface area contributed by atoms with Gasteiger partial charge < -0.3 is 9.64 Å². The monoisotopic (exact) mass is 331 g/mol. The average molecular weight is 331 g/mol. The smallest absolute Gasteiger partial charge is 0.307 e. The molecule has 1 amide bonds. The first-order valence-electron chi connectivity index (χ1n) is 9.24. The minimum absolute atomic E-state index is 0.0328. The fourth-order valence-electron chi connectivity index (χ4n) is 3.39. The van der Waals surface area contributed by atoms with Gasteiger partial charge in [-0.2, -0.15) is 0 Å². The normalized spacial score (nSPS) is 16.0. The van der Waals surface area contributed by atoms with E-state index in [9.17, 15) is 9.59 Å². The van der Waals surface area contributed by atoms with Gasteiger partial charge in [-0.1, -0.05) is 50.3 Å². The Morgan fingerprint density at radius 3 is 2.29 bits per heavy atom. The highest BCUT2D eigenvalue weighted by Crippen LogP contribution is 2.23. The second-order valence-electron chi connectivity index (χ2n) is 6.42. The number of rotatable bonds is 6. The van der Waals surface area contributed by atoms with Crippen LogP contribution in [0.5, 0.6) is 0 Å². The topological polar surface area (TPSA) is 46.6 Å². The third-order valence-electron chi connectivity index (χ3n) is 4.66. The lowest BCUT2D eigenvalue weighted by atomic mass is 9.95. The predicted octanol–water partition coefficient (Wildman–Crippen LogP) is 4.19. The molecule has 132 valence electrons. The first-order chi connectivity index (χ1) is 11.7. The molecule has 0 spiro atoms. The van der Waals surface area contributed by atoms with E-state index in [0.717, 1.165) is 25.7 Å². The second kappa shape index (κ2) is 10.1. The zero-order valence-electron chi connectivity index (χ0n) is 14.7. The van der Waals surface area contributed by atoms with Gasteiger partial charge in [-0.3, -0.25) is 9.59 Å². The molecule has 1 aliphatic rings. The maximum absolute atomic E-state index is 13.0. The third kappa shape index (κ3) is 5.66. The number of nitrogens with zero attached hydrogens (tertiary/aromatic N) is 1. The first kappa shape index (κ1) is 18.5. The highest BCUT2D eigenvalue weighted by molar-refractivity contribution is 5.94. The fraction of sp³-hybridized carbons (Fsp3) is 0.600. The Balaban J connectivity index is 2.10. The maximum atomic E-state index is 13.0. The fourth-order valence-corrected chi connectivity index (χ4v) is 3.39.